The van der Waals surface area contributed by atoms with Crippen molar-refractivity contribution in [3.05, 3.63) is 65.7 Å². The molecule has 0 bridgehead atoms. The first-order valence-electron chi connectivity index (χ1n) is 12.1. The van der Waals surface area contributed by atoms with E-state index in [1.54, 1.807) is 31.4 Å². The number of halogens is 1. The average Bonchev–Trinajstić information content (AvgIpc) is 3.40. The molecule has 7 nitrogen and oxygen atoms in total. The second-order valence-electron chi connectivity index (χ2n) is 9.15. The summed E-state index contributed by atoms with van der Waals surface area (Å²) >= 11 is 0. The van der Waals surface area contributed by atoms with Crippen LogP contribution < -0.4 is 10.1 Å². The Kier molecular flexibility index (Phi) is 11.5. The number of methoxy groups -OCH3 is 1. The minimum absolute atomic E-state index is 0. The van der Waals surface area contributed by atoms with Crippen molar-refractivity contribution in [3.63, 3.8) is 0 Å². The van der Waals surface area contributed by atoms with Crippen molar-refractivity contribution in [1.82, 2.24) is 15.1 Å². The van der Waals surface area contributed by atoms with Crippen LogP contribution >= 0.6 is 12.4 Å². The van der Waals surface area contributed by atoms with Gasteiger partial charge in [-0.3, -0.25) is 14.5 Å². The first-order valence-corrected chi connectivity index (χ1v) is 12.1. The molecule has 3 N–H and O–H groups in total. The zero-order chi connectivity index (χ0) is 23.0. The van der Waals surface area contributed by atoms with Crippen molar-refractivity contribution in [1.29, 1.82) is 0 Å². The van der Waals surface area contributed by atoms with Crippen molar-refractivity contribution in [2.75, 3.05) is 39.8 Å². The van der Waals surface area contributed by atoms with E-state index in [-0.39, 0.29) is 29.7 Å². The Morgan fingerprint density at radius 1 is 0.971 bits per heavy atom. The summed E-state index contributed by atoms with van der Waals surface area (Å²) in [7, 11) is 1.59. The van der Waals surface area contributed by atoms with Crippen molar-refractivity contribution in [2.24, 2.45) is 5.92 Å². The zero-order valence-electron chi connectivity index (χ0n) is 20.4. The first-order chi connectivity index (χ1) is 16.1. The van der Waals surface area contributed by atoms with Gasteiger partial charge in [0.25, 0.3) is 5.91 Å². The van der Waals surface area contributed by atoms with Crippen LogP contribution in [-0.4, -0.2) is 66.9 Å². The summed E-state index contributed by atoms with van der Waals surface area (Å²) in [6, 6.07) is 15.7. The molecule has 1 aliphatic heterocycles. The second kappa shape index (κ2) is 14.1. The van der Waals surface area contributed by atoms with E-state index in [0.29, 0.717) is 24.4 Å². The number of rotatable bonds is 8. The Morgan fingerprint density at radius 3 is 2.20 bits per heavy atom. The standard InChI is InChI=1S/C27H35N3O3.ClH.H2O/c1-33-24-13-11-23(12-14-24)26(31)28-25(22-9-3-2-4-10-22)27(32)30-19-17-29(18-20-30)16-15-21-7-5-6-8-21;;/h2-4,9-14,21,25H,5-8,15-20H2,1H3,(H,28,31);1H;1H2/t25-;;/m1../s1. The molecule has 2 aromatic rings. The molecule has 2 amide bonds. The molecule has 2 aromatic carbocycles. The van der Waals surface area contributed by atoms with Gasteiger partial charge in [0.1, 0.15) is 11.8 Å². The van der Waals surface area contributed by atoms with Crippen LogP contribution in [0.25, 0.3) is 0 Å². The lowest BCUT2D eigenvalue weighted by Crippen LogP contribution is -2.52. The lowest BCUT2D eigenvalue weighted by Gasteiger charge is -2.37. The molecular formula is C27H38ClN3O4. The number of benzene rings is 2. The molecule has 1 aliphatic carbocycles. The highest BCUT2D eigenvalue weighted by Crippen LogP contribution is 2.28. The Hall–Kier alpha value is -2.61. The molecule has 4 rings (SSSR count). The summed E-state index contributed by atoms with van der Waals surface area (Å²) < 4.78 is 5.18. The molecule has 0 spiro atoms. The van der Waals surface area contributed by atoms with Crippen molar-refractivity contribution in [3.8, 4) is 5.75 Å². The molecule has 1 saturated heterocycles. The molecule has 2 fully saturated rings. The number of amides is 2. The molecule has 1 atom stereocenters. The molecule has 1 heterocycles. The maximum Gasteiger partial charge on any atom is 0.252 e. The number of hydrogen-bond acceptors (Lipinski definition) is 4. The van der Waals surface area contributed by atoms with Crippen LogP contribution in [0.2, 0.25) is 0 Å². The van der Waals surface area contributed by atoms with Gasteiger partial charge in [-0.05, 0) is 48.7 Å². The predicted molar refractivity (Wildman–Crippen MR) is 140 cm³/mol. The van der Waals surface area contributed by atoms with Crippen LogP contribution in [-0.2, 0) is 4.79 Å². The molecule has 8 heteroatoms. The number of carbonyl (C=O) groups excluding carboxylic acids is 2. The van der Waals surface area contributed by atoms with Crippen molar-refractivity contribution < 1.29 is 19.8 Å². The molecule has 0 radical (unpaired) electrons. The third-order valence-corrected chi connectivity index (χ3v) is 7.02. The maximum atomic E-state index is 13.5. The van der Waals surface area contributed by atoms with Crippen molar-refractivity contribution in [2.45, 2.75) is 38.1 Å². The summed E-state index contributed by atoms with van der Waals surface area (Å²) in [4.78, 5) is 30.8. The number of nitrogens with zero attached hydrogens (tertiary/aromatic N) is 2. The van der Waals surface area contributed by atoms with Gasteiger partial charge in [-0.15, -0.1) is 12.4 Å². The van der Waals surface area contributed by atoms with Crippen LogP contribution in [0.4, 0.5) is 0 Å². The topological polar surface area (TPSA) is 93.4 Å². The Morgan fingerprint density at radius 2 is 1.60 bits per heavy atom. The lowest BCUT2D eigenvalue weighted by molar-refractivity contribution is -0.135. The number of ether oxygens (including phenoxy) is 1. The van der Waals surface area contributed by atoms with E-state index in [9.17, 15) is 9.59 Å². The minimum atomic E-state index is -0.703. The minimum Gasteiger partial charge on any atom is -0.497 e. The van der Waals surface area contributed by atoms with Crippen LogP contribution in [0.5, 0.6) is 5.75 Å². The van der Waals surface area contributed by atoms with E-state index in [4.69, 9.17) is 4.74 Å². The summed E-state index contributed by atoms with van der Waals surface area (Å²) in [6.45, 7) is 4.32. The smallest absolute Gasteiger partial charge is 0.252 e. The quantitative estimate of drug-likeness (QED) is 0.596. The fraction of sp³-hybridized carbons (Fsp3) is 0.481. The number of hydrogen-bond donors (Lipinski definition) is 1. The molecule has 1 saturated carbocycles. The normalized spacial score (nSPS) is 17.1. The Balaban J connectivity index is 0.00000216. The third kappa shape index (κ3) is 7.69. The highest BCUT2D eigenvalue weighted by Gasteiger charge is 2.30. The summed E-state index contributed by atoms with van der Waals surface area (Å²) in [5.74, 6) is 1.27. The number of carbonyl (C=O) groups is 2. The van der Waals surface area contributed by atoms with Gasteiger partial charge in [-0.2, -0.15) is 0 Å². The molecule has 35 heavy (non-hydrogen) atoms. The lowest BCUT2D eigenvalue weighted by atomic mass is 10.0. The molecule has 0 aromatic heterocycles. The predicted octanol–water partition coefficient (Wildman–Crippen LogP) is 3.49. The Labute approximate surface area is 214 Å². The third-order valence-electron chi connectivity index (χ3n) is 7.02. The van der Waals surface area contributed by atoms with E-state index in [2.05, 4.69) is 10.2 Å². The summed E-state index contributed by atoms with van der Waals surface area (Å²) in [5.41, 5.74) is 1.30. The van der Waals surface area contributed by atoms with E-state index in [0.717, 1.165) is 31.1 Å². The summed E-state index contributed by atoms with van der Waals surface area (Å²) in [5, 5.41) is 2.97. The van der Waals surface area contributed by atoms with Crippen molar-refractivity contribution >= 4 is 24.2 Å². The highest BCUT2D eigenvalue weighted by atomic mass is 35.5. The van der Waals surface area contributed by atoms with Gasteiger partial charge >= 0.3 is 0 Å². The highest BCUT2D eigenvalue weighted by molar-refractivity contribution is 5.98. The average molecular weight is 504 g/mol. The molecule has 192 valence electrons. The maximum absolute atomic E-state index is 13.5. The summed E-state index contributed by atoms with van der Waals surface area (Å²) in [6.07, 6.45) is 6.81. The van der Waals surface area contributed by atoms with E-state index in [1.165, 1.54) is 32.1 Å². The van der Waals surface area contributed by atoms with Gasteiger partial charge in [0, 0.05) is 31.7 Å². The fourth-order valence-electron chi connectivity index (χ4n) is 4.93. The van der Waals surface area contributed by atoms with Gasteiger partial charge < -0.3 is 20.4 Å². The fourth-order valence-corrected chi connectivity index (χ4v) is 4.93. The molecular weight excluding hydrogens is 466 g/mol. The van der Waals surface area contributed by atoms with Crippen LogP contribution in [0, 0.1) is 5.92 Å². The first kappa shape index (κ1) is 28.6. The molecule has 2 aliphatic rings. The molecule has 0 unspecified atom stereocenters. The van der Waals surface area contributed by atoms with Gasteiger partial charge in [-0.1, -0.05) is 56.0 Å². The van der Waals surface area contributed by atoms with E-state index < -0.39 is 6.04 Å². The number of nitrogens with one attached hydrogen (secondary N) is 1. The van der Waals surface area contributed by atoms with Crippen LogP contribution in [0.3, 0.4) is 0 Å². The van der Waals surface area contributed by atoms with Gasteiger partial charge in [0.2, 0.25) is 5.91 Å². The number of piperazine rings is 1. The van der Waals surface area contributed by atoms with E-state index in [1.807, 2.05) is 35.2 Å². The SMILES string of the molecule is COc1ccc(C(=O)N[C@@H](C(=O)N2CCN(CCC3CCCC3)CC2)c2ccccc2)cc1.Cl.O. The van der Waals surface area contributed by atoms with Gasteiger partial charge in [-0.25, -0.2) is 0 Å². The zero-order valence-corrected chi connectivity index (χ0v) is 21.3. The second-order valence-corrected chi connectivity index (χ2v) is 9.15. The largest absolute Gasteiger partial charge is 0.497 e. The van der Waals surface area contributed by atoms with Crippen LogP contribution in [0.15, 0.2) is 54.6 Å². The Bertz CT molecular complexity index is 912. The monoisotopic (exact) mass is 503 g/mol. The van der Waals surface area contributed by atoms with Gasteiger partial charge in [0.15, 0.2) is 0 Å². The van der Waals surface area contributed by atoms with E-state index >= 15 is 0 Å². The van der Waals surface area contributed by atoms with Crippen LogP contribution in [0.1, 0.15) is 54.1 Å². The van der Waals surface area contributed by atoms with Gasteiger partial charge in [0.05, 0.1) is 7.11 Å².